The number of nitrogens with zero attached hydrogens (tertiary/aromatic N) is 3. The standard InChI is InChI=1S/C22H32N4O2/c1-16(2)22(28)23-13-8-12-20-24-18-10-4-5-11-19(18)26(20)15-21(27)25-14-7-6-9-17(25)3/h4-5,10-11,16-17H,6-9,12-15H2,1-3H3,(H,23,28). The van der Waals surface area contributed by atoms with Crippen molar-refractivity contribution in [3.05, 3.63) is 30.1 Å². The van der Waals surface area contributed by atoms with Gasteiger partial charge in [0.15, 0.2) is 0 Å². The third-order valence-corrected chi connectivity index (χ3v) is 5.55. The van der Waals surface area contributed by atoms with Crippen LogP contribution in [0.2, 0.25) is 0 Å². The number of para-hydroxylation sites is 2. The highest BCUT2D eigenvalue weighted by atomic mass is 16.2. The van der Waals surface area contributed by atoms with Gasteiger partial charge in [-0.25, -0.2) is 4.98 Å². The van der Waals surface area contributed by atoms with Crippen molar-refractivity contribution in [2.45, 2.75) is 65.5 Å². The molecular weight excluding hydrogens is 352 g/mol. The normalized spacial score (nSPS) is 17.3. The molecule has 0 radical (unpaired) electrons. The van der Waals surface area contributed by atoms with Gasteiger partial charge in [-0.2, -0.15) is 0 Å². The van der Waals surface area contributed by atoms with Crippen molar-refractivity contribution in [3.63, 3.8) is 0 Å². The molecular formula is C22H32N4O2. The van der Waals surface area contributed by atoms with Gasteiger partial charge in [0, 0.05) is 31.5 Å². The molecule has 2 aromatic rings. The van der Waals surface area contributed by atoms with Crippen LogP contribution in [-0.2, 0) is 22.6 Å². The Morgan fingerprint density at radius 2 is 2.04 bits per heavy atom. The number of fused-ring (bicyclic) bond motifs is 1. The molecule has 28 heavy (non-hydrogen) atoms. The summed E-state index contributed by atoms with van der Waals surface area (Å²) in [6.07, 6.45) is 4.90. The summed E-state index contributed by atoms with van der Waals surface area (Å²) in [5, 5.41) is 2.95. The molecule has 1 atom stereocenters. The van der Waals surface area contributed by atoms with E-state index in [1.807, 2.05) is 43.0 Å². The highest BCUT2D eigenvalue weighted by molar-refractivity contribution is 5.81. The number of aromatic nitrogens is 2. The number of carbonyl (C=O) groups is 2. The molecule has 152 valence electrons. The highest BCUT2D eigenvalue weighted by Gasteiger charge is 2.24. The number of hydrogen-bond donors (Lipinski definition) is 1. The van der Waals surface area contributed by atoms with Gasteiger partial charge >= 0.3 is 0 Å². The van der Waals surface area contributed by atoms with E-state index in [2.05, 4.69) is 16.8 Å². The summed E-state index contributed by atoms with van der Waals surface area (Å²) >= 11 is 0. The van der Waals surface area contributed by atoms with Gasteiger partial charge in [0.2, 0.25) is 11.8 Å². The largest absolute Gasteiger partial charge is 0.356 e. The first-order valence-corrected chi connectivity index (χ1v) is 10.5. The smallest absolute Gasteiger partial charge is 0.242 e. The summed E-state index contributed by atoms with van der Waals surface area (Å²) in [4.78, 5) is 31.5. The summed E-state index contributed by atoms with van der Waals surface area (Å²) in [5.41, 5.74) is 1.92. The molecule has 1 saturated heterocycles. The second-order valence-electron chi connectivity index (χ2n) is 8.08. The van der Waals surface area contributed by atoms with E-state index in [-0.39, 0.29) is 17.7 Å². The Kier molecular flexibility index (Phi) is 6.70. The molecule has 1 N–H and O–H groups in total. The second kappa shape index (κ2) is 9.22. The number of nitrogens with one attached hydrogen (secondary N) is 1. The number of amides is 2. The van der Waals surface area contributed by atoms with Gasteiger partial charge in [-0.05, 0) is 44.7 Å². The molecule has 1 unspecified atom stereocenters. The zero-order valence-corrected chi connectivity index (χ0v) is 17.3. The Hall–Kier alpha value is -2.37. The van der Waals surface area contributed by atoms with Crippen molar-refractivity contribution in [1.82, 2.24) is 19.8 Å². The minimum atomic E-state index is -0.00581. The molecule has 0 aliphatic carbocycles. The molecule has 6 heteroatoms. The summed E-state index contributed by atoms with van der Waals surface area (Å²) in [5.74, 6) is 1.15. The fraction of sp³-hybridized carbons (Fsp3) is 0.591. The number of aryl methyl sites for hydroxylation is 1. The van der Waals surface area contributed by atoms with Crippen LogP contribution in [0.1, 0.15) is 52.3 Å². The van der Waals surface area contributed by atoms with Gasteiger partial charge in [-0.15, -0.1) is 0 Å². The van der Waals surface area contributed by atoms with Gasteiger partial charge in [0.1, 0.15) is 12.4 Å². The van der Waals surface area contributed by atoms with Gasteiger partial charge in [0.25, 0.3) is 0 Å². The average molecular weight is 385 g/mol. The zero-order valence-electron chi connectivity index (χ0n) is 17.3. The molecule has 2 amide bonds. The lowest BCUT2D eigenvalue weighted by atomic mass is 10.0. The number of imidazole rings is 1. The van der Waals surface area contributed by atoms with Crippen molar-refractivity contribution in [2.75, 3.05) is 13.1 Å². The van der Waals surface area contributed by atoms with E-state index in [0.29, 0.717) is 19.1 Å². The lowest BCUT2D eigenvalue weighted by Crippen LogP contribution is -2.43. The number of carbonyl (C=O) groups excluding carboxylic acids is 2. The van der Waals surface area contributed by atoms with E-state index in [1.165, 1.54) is 6.42 Å². The first-order chi connectivity index (χ1) is 13.5. The molecule has 0 bridgehead atoms. The molecule has 2 heterocycles. The van der Waals surface area contributed by atoms with Crippen LogP contribution in [0.5, 0.6) is 0 Å². The van der Waals surface area contributed by atoms with Crippen LogP contribution in [0, 0.1) is 5.92 Å². The number of likely N-dealkylation sites (tertiary alicyclic amines) is 1. The molecule has 1 fully saturated rings. The maximum absolute atomic E-state index is 13.0. The van der Waals surface area contributed by atoms with Gasteiger partial charge in [0.05, 0.1) is 11.0 Å². The molecule has 1 aliphatic rings. The SMILES string of the molecule is CC(C)C(=O)NCCCc1nc2ccccc2n1CC(=O)N1CCCCC1C. The predicted molar refractivity (Wildman–Crippen MR) is 111 cm³/mol. The van der Waals surface area contributed by atoms with Crippen molar-refractivity contribution in [1.29, 1.82) is 0 Å². The number of rotatable bonds is 7. The van der Waals surface area contributed by atoms with Crippen molar-refractivity contribution in [3.8, 4) is 0 Å². The van der Waals surface area contributed by atoms with Gasteiger partial charge in [-0.3, -0.25) is 9.59 Å². The van der Waals surface area contributed by atoms with Gasteiger partial charge < -0.3 is 14.8 Å². The Bertz CT molecular complexity index is 827. The Morgan fingerprint density at radius 3 is 2.79 bits per heavy atom. The van der Waals surface area contributed by atoms with Crippen molar-refractivity contribution in [2.24, 2.45) is 5.92 Å². The fourth-order valence-electron chi connectivity index (χ4n) is 3.85. The highest BCUT2D eigenvalue weighted by Crippen LogP contribution is 2.20. The third kappa shape index (κ3) is 4.72. The van der Waals surface area contributed by atoms with E-state index in [9.17, 15) is 9.59 Å². The molecule has 0 spiro atoms. The molecule has 0 saturated carbocycles. The summed E-state index contributed by atoms with van der Waals surface area (Å²) in [7, 11) is 0. The fourth-order valence-corrected chi connectivity index (χ4v) is 3.85. The van der Waals surface area contributed by atoms with E-state index in [0.717, 1.165) is 49.1 Å². The molecule has 3 rings (SSSR count). The first-order valence-electron chi connectivity index (χ1n) is 10.5. The quantitative estimate of drug-likeness (QED) is 0.746. The maximum Gasteiger partial charge on any atom is 0.242 e. The van der Waals surface area contributed by atoms with Crippen LogP contribution in [-0.4, -0.2) is 45.4 Å². The zero-order chi connectivity index (χ0) is 20.1. The van der Waals surface area contributed by atoms with E-state index in [4.69, 9.17) is 4.98 Å². The lowest BCUT2D eigenvalue weighted by Gasteiger charge is -2.33. The third-order valence-electron chi connectivity index (χ3n) is 5.55. The molecule has 1 aromatic carbocycles. The van der Waals surface area contributed by atoms with Crippen LogP contribution in [0.25, 0.3) is 11.0 Å². The number of piperidine rings is 1. The summed E-state index contributed by atoms with van der Waals surface area (Å²) in [6.45, 7) is 7.73. The summed E-state index contributed by atoms with van der Waals surface area (Å²) in [6, 6.07) is 8.29. The van der Waals surface area contributed by atoms with Crippen LogP contribution in [0.4, 0.5) is 0 Å². The van der Waals surface area contributed by atoms with Crippen molar-refractivity contribution < 1.29 is 9.59 Å². The number of hydrogen-bond acceptors (Lipinski definition) is 3. The van der Waals surface area contributed by atoms with E-state index < -0.39 is 0 Å². The average Bonchev–Trinajstić information content (AvgIpc) is 3.02. The van der Waals surface area contributed by atoms with E-state index >= 15 is 0 Å². The van der Waals surface area contributed by atoms with E-state index in [1.54, 1.807) is 0 Å². The Morgan fingerprint density at radius 1 is 1.25 bits per heavy atom. The Labute approximate surface area is 167 Å². The monoisotopic (exact) mass is 384 g/mol. The molecule has 6 nitrogen and oxygen atoms in total. The number of benzene rings is 1. The topological polar surface area (TPSA) is 67.2 Å². The minimum absolute atomic E-state index is 0.00581. The maximum atomic E-state index is 13.0. The summed E-state index contributed by atoms with van der Waals surface area (Å²) < 4.78 is 2.06. The van der Waals surface area contributed by atoms with Crippen LogP contribution in [0.3, 0.4) is 0 Å². The van der Waals surface area contributed by atoms with Crippen LogP contribution < -0.4 is 5.32 Å². The van der Waals surface area contributed by atoms with Crippen molar-refractivity contribution >= 4 is 22.8 Å². The lowest BCUT2D eigenvalue weighted by molar-refractivity contribution is -0.135. The predicted octanol–water partition coefficient (Wildman–Crippen LogP) is 3.14. The molecule has 1 aromatic heterocycles. The van der Waals surface area contributed by atoms with Gasteiger partial charge in [-0.1, -0.05) is 26.0 Å². The molecule has 1 aliphatic heterocycles. The minimum Gasteiger partial charge on any atom is -0.356 e. The Balaban J connectivity index is 1.72. The van der Waals surface area contributed by atoms with Crippen LogP contribution in [0.15, 0.2) is 24.3 Å². The van der Waals surface area contributed by atoms with Crippen LogP contribution >= 0.6 is 0 Å². The second-order valence-corrected chi connectivity index (χ2v) is 8.08. The first kappa shape index (κ1) is 20.4.